The second-order valence-electron chi connectivity index (χ2n) is 7.24. The fourth-order valence-corrected chi connectivity index (χ4v) is 3.44. The number of amides is 1. The average Bonchev–Trinajstić information content (AvgIpc) is 2.73. The van der Waals surface area contributed by atoms with Crippen molar-refractivity contribution in [3.8, 4) is 5.75 Å². The molecule has 1 amide bonds. The molecule has 1 fully saturated rings. The van der Waals surface area contributed by atoms with Crippen LogP contribution in [0.15, 0.2) is 54.6 Å². The van der Waals surface area contributed by atoms with Crippen molar-refractivity contribution >= 4 is 17.3 Å². The molecule has 0 unspecified atom stereocenters. The summed E-state index contributed by atoms with van der Waals surface area (Å²) in [7, 11) is 2.07. The van der Waals surface area contributed by atoms with E-state index in [2.05, 4.69) is 39.2 Å². The Morgan fingerprint density at radius 3 is 2.39 bits per heavy atom. The molecule has 2 aromatic carbocycles. The molecule has 3 rings (SSSR count). The van der Waals surface area contributed by atoms with Crippen LogP contribution in [0.5, 0.6) is 5.75 Å². The van der Waals surface area contributed by atoms with Crippen molar-refractivity contribution in [3.05, 3.63) is 54.6 Å². The maximum absolute atomic E-state index is 12.2. The number of benzene rings is 2. The molecular formula is C22H30N4O2. The fraction of sp³-hybridized carbons (Fsp3) is 0.409. The van der Waals surface area contributed by atoms with E-state index < -0.39 is 0 Å². The van der Waals surface area contributed by atoms with Gasteiger partial charge in [-0.15, -0.1) is 0 Å². The number of phenolic OH excluding ortho intramolecular Hbond substituents is 1. The molecule has 28 heavy (non-hydrogen) atoms. The first kappa shape index (κ1) is 20.0. The zero-order valence-electron chi connectivity index (χ0n) is 16.6. The molecule has 150 valence electrons. The summed E-state index contributed by atoms with van der Waals surface area (Å²) in [5.74, 6) is 0.384. The second-order valence-corrected chi connectivity index (χ2v) is 7.24. The number of carbonyl (C=O) groups excluding carboxylic acids is 1. The number of nitrogens with zero attached hydrogens (tertiary/aromatic N) is 3. The van der Waals surface area contributed by atoms with Crippen molar-refractivity contribution < 1.29 is 9.90 Å². The maximum Gasteiger partial charge on any atom is 0.234 e. The van der Waals surface area contributed by atoms with Crippen molar-refractivity contribution in [1.29, 1.82) is 0 Å². The molecule has 0 atom stereocenters. The Hall–Kier alpha value is -2.73. The Morgan fingerprint density at radius 1 is 1.04 bits per heavy atom. The van der Waals surface area contributed by atoms with Gasteiger partial charge in [0.1, 0.15) is 5.75 Å². The van der Waals surface area contributed by atoms with Crippen LogP contribution in [0, 0.1) is 0 Å². The number of anilines is 2. The molecule has 1 heterocycles. The largest absolute Gasteiger partial charge is 0.508 e. The number of phenols is 1. The summed E-state index contributed by atoms with van der Waals surface area (Å²) < 4.78 is 0. The van der Waals surface area contributed by atoms with E-state index in [1.54, 1.807) is 12.1 Å². The highest BCUT2D eigenvalue weighted by Gasteiger charge is 2.19. The minimum absolute atomic E-state index is 0.0976. The third-order valence-corrected chi connectivity index (χ3v) is 5.14. The highest BCUT2D eigenvalue weighted by Crippen LogP contribution is 2.19. The van der Waals surface area contributed by atoms with Crippen molar-refractivity contribution in [2.24, 2.45) is 0 Å². The molecule has 0 saturated carbocycles. The van der Waals surface area contributed by atoms with E-state index in [0.29, 0.717) is 13.1 Å². The lowest BCUT2D eigenvalue weighted by atomic mass is 10.2. The molecule has 1 saturated heterocycles. The normalized spacial score (nSPS) is 14.7. The lowest BCUT2D eigenvalue weighted by molar-refractivity contribution is -0.122. The molecule has 1 aliphatic rings. The van der Waals surface area contributed by atoms with E-state index in [0.717, 1.165) is 44.8 Å². The van der Waals surface area contributed by atoms with Crippen LogP contribution < -0.4 is 15.1 Å². The van der Waals surface area contributed by atoms with E-state index in [4.69, 9.17) is 0 Å². The van der Waals surface area contributed by atoms with Crippen LogP contribution in [0.1, 0.15) is 6.42 Å². The number of para-hydroxylation sites is 1. The number of piperazine rings is 1. The Kier molecular flexibility index (Phi) is 7.14. The van der Waals surface area contributed by atoms with E-state index in [9.17, 15) is 9.90 Å². The first-order valence-electron chi connectivity index (χ1n) is 9.91. The highest BCUT2D eigenvalue weighted by atomic mass is 16.3. The smallest absolute Gasteiger partial charge is 0.234 e. The highest BCUT2D eigenvalue weighted by molar-refractivity contribution is 5.78. The van der Waals surface area contributed by atoms with Crippen LogP contribution >= 0.6 is 0 Å². The van der Waals surface area contributed by atoms with Gasteiger partial charge in [0.15, 0.2) is 0 Å². The summed E-state index contributed by atoms with van der Waals surface area (Å²) in [5, 5.41) is 12.4. The van der Waals surface area contributed by atoms with Crippen molar-refractivity contribution in [2.45, 2.75) is 6.42 Å². The Morgan fingerprint density at radius 2 is 1.71 bits per heavy atom. The monoisotopic (exact) mass is 382 g/mol. The van der Waals surface area contributed by atoms with Crippen LogP contribution in [0.3, 0.4) is 0 Å². The predicted octanol–water partition coefficient (Wildman–Crippen LogP) is 2.16. The van der Waals surface area contributed by atoms with Crippen LogP contribution in [-0.4, -0.2) is 68.8 Å². The molecule has 1 aliphatic heterocycles. The number of hydrogen-bond donors (Lipinski definition) is 2. The number of nitrogens with one attached hydrogen (secondary N) is 1. The maximum atomic E-state index is 12.2. The number of rotatable bonds is 8. The Labute approximate surface area is 167 Å². The molecule has 0 radical (unpaired) electrons. The number of carbonyl (C=O) groups is 1. The van der Waals surface area contributed by atoms with Crippen LogP contribution in [-0.2, 0) is 4.79 Å². The van der Waals surface area contributed by atoms with Gasteiger partial charge in [0, 0.05) is 57.7 Å². The van der Waals surface area contributed by atoms with Crippen LogP contribution in [0.25, 0.3) is 0 Å². The third kappa shape index (κ3) is 5.89. The second kappa shape index (κ2) is 9.99. The summed E-state index contributed by atoms with van der Waals surface area (Å²) in [4.78, 5) is 18.9. The lowest BCUT2D eigenvalue weighted by Crippen LogP contribution is -2.49. The molecule has 0 spiro atoms. The van der Waals surface area contributed by atoms with Gasteiger partial charge in [0.25, 0.3) is 0 Å². The minimum atomic E-state index is 0.0976. The topological polar surface area (TPSA) is 59.1 Å². The van der Waals surface area contributed by atoms with Crippen molar-refractivity contribution in [2.75, 3.05) is 62.7 Å². The van der Waals surface area contributed by atoms with E-state index in [1.807, 2.05) is 30.3 Å². The predicted molar refractivity (Wildman–Crippen MR) is 114 cm³/mol. The van der Waals surface area contributed by atoms with Crippen LogP contribution in [0.4, 0.5) is 11.4 Å². The molecule has 6 nitrogen and oxygen atoms in total. The number of hydrogen-bond acceptors (Lipinski definition) is 5. The molecular weight excluding hydrogens is 352 g/mol. The standard InChI is InChI=1S/C22H30N4O2/c1-24(19-6-3-2-4-7-19)13-5-12-23-22(28)18-25-14-16-26(17-15-25)20-8-10-21(27)11-9-20/h2-4,6-11,27H,5,12-18H2,1H3,(H,23,28). The zero-order chi connectivity index (χ0) is 19.8. The summed E-state index contributed by atoms with van der Waals surface area (Å²) >= 11 is 0. The van der Waals surface area contributed by atoms with Crippen molar-refractivity contribution in [3.63, 3.8) is 0 Å². The quantitative estimate of drug-likeness (QED) is 0.685. The zero-order valence-corrected chi connectivity index (χ0v) is 16.6. The summed E-state index contributed by atoms with van der Waals surface area (Å²) in [5.41, 5.74) is 2.31. The molecule has 6 heteroatoms. The van der Waals surface area contributed by atoms with E-state index >= 15 is 0 Å². The van der Waals surface area contributed by atoms with Gasteiger partial charge in [0.2, 0.25) is 5.91 Å². The van der Waals surface area contributed by atoms with Crippen molar-refractivity contribution in [1.82, 2.24) is 10.2 Å². The van der Waals surface area contributed by atoms with Gasteiger partial charge in [-0.25, -0.2) is 0 Å². The van der Waals surface area contributed by atoms with Gasteiger partial charge in [0.05, 0.1) is 6.54 Å². The van der Waals surface area contributed by atoms with Gasteiger partial charge in [-0.3, -0.25) is 9.69 Å². The van der Waals surface area contributed by atoms with Gasteiger partial charge < -0.3 is 20.2 Å². The molecule has 2 aromatic rings. The summed E-state index contributed by atoms with van der Waals surface area (Å²) in [6.45, 7) is 5.58. The van der Waals surface area contributed by atoms with Crippen LogP contribution in [0.2, 0.25) is 0 Å². The number of aromatic hydroxyl groups is 1. The molecule has 0 aromatic heterocycles. The summed E-state index contributed by atoms with van der Waals surface area (Å²) in [6.07, 6.45) is 0.922. The van der Waals surface area contributed by atoms with Gasteiger partial charge in [-0.1, -0.05) is 18.2 Å². The Balaban J connectivity index is 1.31. The fourth-order valence-electron chi connectivity index (χ4n) is 3.44. The first-order valence-corrected chi connectivity index (χ1v) is 9.91. The summed E-state index contributed by atoms with van der Waals surface area (Å²) in [6, 6.07) is 17.6. The average molecular weight is 383 g/mol. The van der Waals surface area contributed by atoms with Gasteiger partial charge in [-0.05, 0) is 42.8 Å². The SMILES string of the molecule is CN(CCCNC(=O)CN1CCN(c2ccc(O)cc2)CC1)c1ccccc1. The molecule has 2 N–H and O–H groups in total. The molecule has 0 aliphatic carbocycles. The van der Waals surface area contributed by atoms with Gasteiger partial charge >= 0.3 is 0 Å². The van der Waals surface area contributed by atoms with Gasteiger partial charge in [-0.2, -0.15) is 0 Å². The minimum Gasteiger partial charge on any atom is -0.508 e. The Bertz CT molecular complexity index is 728. The van der Waals surface area contributed by atoms with E-state index in [1.165, 1.54) is 5.69 Å². The molecule has 0 bridgehead atoms. The lowest BCUT2D eigenvalue weighted by Gasteiger charge is -2.35. The first-order chi connectivity index (χ1) is 13.6. The third-order valence-electron chi connectivity index (χ3n) is 5.14. The van der Waals surface area contributed by atoms with E-state index in [-0.39, 0.29) is 11.7 Å².